The van der Waals surface area contributed by atoms with Crippen molar-refractivity contribution in [3.8, 4) is 0 Å². The van der Waals surface area contributed by atoms with E-state index in [4.69, 9.17) is 0 Å². The molecule has 0 radical (unpaired) electrons. The molecular formula is C20H25FN4O. The Balaban J connectivity index is 1.93. The van der Waals surface area contributed by atoms with Crippen LogP contribution in [-0.2, 0) is 13.1 Å². The molecule has 0 aliphatic heterocycles. The van der Waals surface area contributed by atoms with E-state index in [0.29, 0.717) is 18.7 Å². The molecule has 5 nitrogen and oxygen atoms in total. The lowest BCUT2D eigenvalue weighted by Crippen LogP contribution is -2.38. The normalized spacial score (nSPS) is 11.2. The zero-order valence-electron chi connectivity index (χ0n) is 15.7. The summed E-state index contributed by atoms with van der Waals surface area (Å²) in [4.78, 5) is 19.7. The topological polar surface area (TPSA) is 47.9 Å². The molecule has 0 atom stereocenters. The molecule has 138 valence electrons. The van der Waals surface area contributed by atoms with E-state index in [0.717, 1.165) is 17.1 Å². The van der Waals surface area contributed by atoms with Crippen molar-refractivity contribution < 1.29 is 9.18 Å². The molecule has 2 rings (SSSR count). The third-order valence-electron chi connectivity index (χ3n) is 3.96. The molecule has 1 N–H and O–H groups in total. The summed E-state index contributed by atoms with van der Waals surface area (Å²) < 4.78 is 13.0. The van der Waals surface area contributed by atoms with Crippen molar-refractivity contribution in [3.63, 3.8) is 0 Å². The Labute approximate surface area is 154 Å². The highest BCUT2D eigenvalue weighted by Crippen LogP contribution is 2.08. The van der Waals surface area contributed by atoms with Gasteiger partial charge in [0, 0.05) is 46.8 Å². The highest BCUT2D eigenvalue weighted by atomic mass is 19.1. The van der Waals surface area contributed by atoms with E-state index in [1.807, 2.05) is 36.2 Å². The summed E-state index contributed by atoms with van der Waals surface area (Å²) in [5, 5.41) is 3.30. The number of amides is 1. The van der Waals surface area contributed by atoms with Crippen molar-refractivity contribution in [1.82, 2.24) is 15.1 Å². The molecule has 0 bridgehead atoms. The second-order valence-electron chi connectivity index (χ2n) is 6.28. The highest BCUT2D eigenvalue weighted by Gasteiger charge is 2.09. The maximum absolute atomic E-state index is 13.0. The van der Waals surface area contributed by atoms with E-state index in [1.165, 1.54) is 12.1 Å². The van der Waals surface area contributed by atoms with Gasteiger partial charge in [-0.15, -0.1) is 0 Å². The summed E-state index contributed by atoms with van der Waals surface area (Å²) in [6.45, 7) is 1.22. The maximum atomic E-state index is 13.0. The monoisotopic (exact) mass is 356 g/mol. The average Bonchev–Trinajstić information content (AvgIpc) is 2.64. The predicted molar refractivity (Wildman–Crippen MR) is 103 cm³/mol. The molecule has 0 aliphatic carbocycles. The lowest BCUT2D eigenvalue weighted by atomic mass is 10.1. The molecule has 0 heterocycles. The van der Waals surface area contributed by atoms with Gasteiger partial charge in [-0.3, -0.25) is 9.79 Å². The summed E-state index contributed by atoms with van der Waals surface area (Å²) in [6.07, 6.45) is 0. The van der Waals surface area contributed by atoms with Gasteiger partial charge in [0.15, 0.2) is 5.96 Å². The molecule has 0 unspecified atom stereocenters. The van der Waals surface area contributed by atoms with Crippen LogP contribution in [0, 0.1) is 5.82 Å². The van der Waals surface area contributed by atoms with E-state index in [1.54, 1.807) is 38.2 Å². The molecule has 1 amide bonds. The van der Waals surface area contributed by atoms with Crippen LogP contribution in [0.4, 0.5) is 4.39 Å². The summed E-state index contributed by atoms with van der Waals surface area (Å²) in [5.74, 6) is 0.484. The first-order valence-corrected chi connectivity index (χ1v) is 8.37. The van der Waals surface area contributed by atoms with Crippen molar-refractivity contribution in [2.24, 2.45) is 4.99 Å². The number of aliphatic imine (C=N–C) groups is 1. The Morgan fingerprint density at radius 2 is 1.58 bits per heavy atom. The quantitative estimate of drug-likeness (QED) is 0.662. The molecule has 0 saturated carbocycles. The van der Waals surface area contributed by atoms with Crippen LogP contribution in [0.15, 0.2) is 53.5 Å². The fourth-order valence-corrected chi connectivity index (χ4v) is 2.53. The Morgan fingerprint density at radius 3 is 2.12 bits per heavy atom. The second kappa shape index (κ2) is 8.99. The largest absolute Gasteiger partial charge is 0.352 e. The summed E-state index contributed by atoms with van der Waals surface area (Å²) in [7, 11) is 7.12. The van der Waals surface area contributed by atoms with Crippen LogP contribution in [0.3, 0.4) is 0 Å². The van der Waals surface area contributed by atoms with Gasteiger partial charge < -0.3 is 15.1 Å². The van der Waals surface area contributed by atoms with Crippen LogP contribution in [0.1, 0.15) is 21.5 Å². The molecular weight excluding hydrogens is 331 g/mol. The first kappa shape index (κ1) is 19.4. The standard InChI is InChI=1S/C20H25FN4O/c1-22-20(25(4)14-16-7-11-18(21)12-8-16)23-13-15-5-9-17(10-6-15)19(26)24(2)3/h5-12H,13-14H2,1-4H3,(H,22,23). The first-order chi connectivity index (χ1) is 12.4. The lowest BCUT2D eigenvalue weighted by Gasteiger charge is -2.22. The number of hydrogen-bond donors (Lipinski definition) is 1. The highest BCUT2D eigenvalue weighted by molar-refractivity contribution is 5.93. The van der Waals surface area contributed by atoms with Gasteiger partial charge in [-0.1, -0.05) is 24.3 Å². The summed E-state index contributed by atoms with van der Waals surface area (Å²) in [5.41, 5.74) is 2.72. The van der Waals surface area contributed by atoms with Gasteiger partial charge in [0.2, 0.25) is 0 Å². The fraction of sp³-hybridized carbons (Fsp3) is 0.300. The van der Waals surface area contributed by atoms with Gasteiger partial charge in [0.05, 0.1) is 0 Å². The lowest BCUT2D eigenvalue weighted by molar-refractivity contribution is 0.0827. The van der Waals surface area contributed by atoms with Gasteiger partial charge >= 0.3 is 0 Å². The minimum atomic E-state index is -0.241. The zero-order valence-corrected chi connectivity index (χ0v) is 15.7. The summed E-state index contributed by atoms with van der Waals surface area (Å²) >= 11 is 0. The number of halogens is 1. The number of hydrogen-bond acceptors (Lipinski definition) is 2. The minimum absolute atomic E-state index is 0.0145. The Hall–Kier alpha value is -2.89. The number of nitrogens with one attached hydrogen (secondary N) is 1. The van der Waals surface area contributed by atoms with Crippen LogP contribution in [0.25, 0.3) is 0 Å². The average molecular weight is 356 g/mol. The van der Waals surface area contributed by atoms with Gasteiger partial charge in [-0.2, -0.15) is 0 Å². The number of carbonyl (C=O) groups is 1. The van der Waals surface area contributed by atoms with Gasteiger partial charge in [0.1, 0.15) is 5.82 Å². The van der Waals surface area contributed by atoms with E-state index >= 15 is 0 Å². The molecule has 0 saturated heterocycles. The Bertz CT molecular complexity index is 754. The van der Waals surface area contributed by atoms with Gasteiger partial charge in [0.25, 0.3) is 5.91 Å². The maximum Gasteiger partial charge on any atom is 0.253 e. The molecule has 2 aromatic carbocycles. The summed E-state index contributed by atoms with van der Waals surface area (Å²) in [6, 6.07) is 13.9. The SMILES string of the molecule is CN=C(NCc1ccc(C(=O)N(C)C)cc1)N(C)Cc1ccc(F)cc1. The molecule has 0 aliphatic rings. The van der Waals surface area contributed by atoms with Crippen molar-refractivity contribution >= 4 is 11.9 Å². The van der Waals surface area contributed by atoms with Gasteiger partial charge in [-0.25, -0.2) is 4.39 Å². The van der Waals surface area contributed by atoms with Crippen LogP contribution < -0.4 is 5.32 Å². The van der Waals surface area contributed by atoms with E-state index in [2.05, 4.69) is 10.3 Å². The minimum Gasteiger partial charge on any atom is -0.352 e. The predicted octanol–water partition coefficient (Wildman–Crippen LogP) is 2.73. The Morgan fingerprint density at radius 1 is 1.00 bits per heavy atom. The molecule has 0 spiro atoms. The van der Waals surface area contributed by atoms with Crippen LogP contribution in [-0.4, -0.2) is 49.9 Å². The number of carbonyl (C=O) groups excluding carboxylic acids is 1. The zero-order chi connectivity index (χ0) is 19.1. The molecule has 0 fully saturated rings. The molecule has 2 aromatic rings. The Kier molecular flexibility index (Phi) is 6.72. The second-order valence-corrected chi connectivity index (χ2v) is 6.28. The van der Waals surface area contributed by atoms with Crippen molar-refractivity contribution in [2.45, 2.75) is 13.1 Å². The molecule has 26 heavy (non-hydrogen) atoms. The fourth-order valence-electron chi connectivity index (χ4n) is 2.53. The van der Waals surface area contributed by atoms with Crippen molar-refractivity contribution in [2.75, 3.05) is 28.2 Å². The van der Waals surface area contributed by atoms with Crippen LogP contribution in [0.5, 0.6) is 0 Å². The van der Waals surface area contributed by atoms with Crippen LogP contribution in [0.2, 0.25) is 0 Å². The van der Waals surface area contributed by atoms with Crippen molar-refractivity contribution in [1.29, 1.82) is 0 Å². The number of guanidine groups is 1. The third kappa shape index (κ3) is 5.31. The van der Waals surface area contributed by atoms with E-state index < -0.39 is 0 Å². The third-order valence-corrected chi connectivity index (χ3v) is 3.96. The van der Waals surface area contributed by atoms with E-state index in [-0.39, 0.29) is 11.7 Å². The smallest absolute Gasteiger partial charge is 0.253 e. The number of benzene rings is 2. The van der Waals surface area contributed by atoms with Crippen LogP contribution >= 0.6 is 0 Å². The van der Waals surface area contributed by atoms with Gasteiger partial charge in [-0.05, 0) is 35.4 Å². The first-order valence-electron chi connectivity index (χ1n) is 8.37. The molecule has 6 heteroatoms. The number of nitrogens with zero attached hydrogens (tertiary/aromatic N) is 3. The van der Waals surface area contributed by atoms with E-state index in [9.17, 15) is 9.18 Å². The number of rotatable bonds is 5. The molecule has 0 aromatic heterocycles. The van der Waals surface area contributed by atoms with Crippen molar-refractivity contribution in [3.05, 3.63) is 71.0 Å².